The van der Waals surface area contributed by atoms with Crippen LogP contribution >= 0.6 is 0 Å². The summed E-state index contributed by atoms with van der Waals surface area (Å²) in [6, 6.07) is 5.13. The molecule has 0 N–H and O–H groups in total. The Morgan fingerprint density at radius 1 is 1.26 bits per heavy atom. The first-order valence-electron chi connectivity index (χ1n) is 7.97. The molecule has 120 valence electrons. The maximum Gasteiger partial charge on any atom is 0.338 e. The zero-order chi connectivity index (χ0) is 16.4. The van der Waals surface area contributed by atoms with Gasteiger partial charge in [0.15, 0.2) is 0 Å². The van der Waals surface area contributed by atoms with Crippen LogP contribution < -0.4 is 0 Å². The van der Waals surface area contributed by atoms with E-state index in [-0.39, 0.29) is 23.8 Å². The number of imide groups is 1. The molecule has 0 saturated heterocycles. The van der Waals surface area contributed by atoms with Gasteiger partial charge < -0.3 is 4.74 Å². The van der Waals surface area contributed by atoms with Crippen molar-refractivity contribution in [2.75, 3.05) is 6.61 Å². The van der Waals surface area contributed by atoms with Gasteiger partial charge in [-0.05, 0) is 36.5 Å². The predicted octanol–water partition coefficient (Wildman–Crippen LogP) is 2.56. The van der Waals surface area contributed by atoms with Crippen LogP contribution in [0.15, 0.2) is 30.4 Å². The third kappa shape index (κ3) is 2.79. The number of ether oxygens (including phenoxy) is 1. The van der Waals surface area contributed by atoms with E-state index in [0.29, 0.717) is 25.0 Å². The summed E-state index contributed by atoms with van der Waals surface area (Å²) in [7, 11) is 0. The summed E-state index contributed by atoms with van der Waals surface area (Å²) in [6.45, 7) is 2.45. The number of nitrogens with zero attached hydrogens (tertiary/aromatic N) is 1. The van der Waals surface area contributed by atoms with Gasteiger partial charge in [0.2, 0.25) is 0 Å². The van der Waals surface area contributed by atoms with E-state index in [9.17, 15) is 14.4 Å². The van der Waals surface area contributed by atoms with Crippen molar-refractivity contribution in [1.29, 1.82) is 0 Å². The lowest BCUT2D eigenvalue weighted by molar-refractivity contribution is -0.139. The molecule has 0 radical (unpaired) electrons. The Hall–Kier alpha value is -2.43. The highest BCUT2D eigenvalue weighted by Crippen LogP contribution is 2.38. The summed E-state index contributed by atoms with van der Waals surface area (Å²) < 4.78 is 5.30. The third-order valence-corrected chi connectivity index (χ3v) is 4.35. The fraction of sp³-hybridized carbons (Fsp3) is 0.389. The van der Waals surface area contributed by atoms with E-state index in [4.69, 9.17) is 4.74 Å². The van der Waals surface area contributed by atoms with E-state index in [0.717, 1.165) is 24.0 Å². The molecule has 1 aliphatic carbocycles. The maximum atomic E-state index is 12.3. The lowest BCUT2D eigenvalue weighted by atomic mass is 10.0. The van der Waals surface area contributed by atoms with Crippen LogP contribution in [0.1, 0.15) is 53.7 Å². The van der Waals surface area contributed by atoms with Gasteiger partial charge in [-0.15, -0.1) is 0 Å². The lowest BCUT2D eigenvalue weighted by Crippen LogP contribution is -2.33. The first-order valence-corrected chi connectivity index (χ1v) is 7.97. The zero-order valence-electron chi connectivity index (χ0n) is 13.1. The molecule has 5 nitrogen and oxygen atoms in total. The quantitative estimate of drug-likeness (QED) is 0.476. The Labute approximate surface area is 134 Å². The first-order chi connectivity index (χ1) is 11.1. The van der Waals surface area contributed by atoms with Crippen molar-refractivity contribution in [3.63, 3.8) is 0 Å². The highest BCUT2D eigenvalue weighted by Gasteiger charge is 2.37. The van der Waals surface area contributed by atoms with E-state index in [1.54, 1.807) is 12.1 Å². The van der Waals surface area contributed by atoms with Crippen molar-refractivity contribution < 1.29 is 19.1 Å². The van der Waals surface area contributed by atoms with Crippen LogP contribution in [0.25, 0.3) is 0 Å². The first kappa shape index (κ1) is 15.5. The van der Waals surface area contributed by atoms with Crippen LogP contribution in [0.3, 0.4) is 0 Å². The molecule has 1 aromatic rings. The van der Waals surface area contributed by atoms with Gasteiger partial charge in [-0.3, -0.25) is 14.5 Å². The molecule has 1 atom stereocenters. The summed E-state index contributed by atoms with van der Waals surface area (Å²) in [6.07, 6.45) is 5.70. The van der Waals surface area contributed by atoms with Gasteiger partial charge in [0.25, 0.3) is 11.8 Å². The monoisotopic (exact) mass is 313 g/mol. The summed E-state index contributed by atoms with van der Waals surface area (Å²) in [5.41, 5.74) is 2.32. The van der Waals surface area contributed by atoms with E-state index in [1.165, 1.54) is 17.1 Å². The number of esters is 1. The number of hydrogen-bond donors (Lipinski definition) is 0. The normalized spacial score (nSPS) is 19.3. The van der Waals surface area contributed by atoms with E-state index in [2.05, 4.69) is 0 Å². The molecular formula is C18H19NO4. The second kappa shape index (κ2) is 6.36. The molecule has 1 aliphatic heterocycles. The third-order valence-electron chi connectivity index (χ3n) is 4.35. The molecule has 2 amide bonds. The van der Waals surface area contributed by atoms with Crippen LogP contribution in [-0.4, -0.2) is 29.3 Å². The summed E-state index contributed by atoms with van der Waals surface area (Å²) in [4.78, 5) is 37.3. The molecule has 0 bridgehead atoms. The van der Waals surface area contributed by atoms with Crippen molar-refractivity contribution >= 4 is 17.8 Å². The molecule has 0 fully saturated rings. The van der Waals surface area contributed by atoms with Gasteiger partial charge in [0, 0.05) is 12.2 Å². The van der Waals surface area contributed by atoms with Crippen LogP contribution in [0.2, 0.25) is 0 Å². The standard InChI is InChI=1S/C18H19NO4/c1-2-3-11-23-18(22)14-6-4-5-13-12(14)7-8-15(13)19-16(20)9-10-17(19)21/h4-6,9-10,15H,2-3,7-8,11H2,1H3/t15-/m0/s1. The van der Waals surface area contributed by atoms with Crippen LogP contribution in [0, 0.1) is 0 Å². The minimum absolute atomic E-state index is 0.288. The maximum absolute atomic E-state index is 12.3. The Morgan fingerprint density at radius 3 is 2.70 bits per heavy atom. The lowest BCUT2D eigenvalue weighted by Gasteiger charge is -2.23. The minimum Gasteiger partial charge on any atom is -0.462 e. The number of rotatable bonds is 5. The number of benzene rings is 1. The smallest absolute Gasteiger partial charge is 0.338 e. The highest BCUT2D eigenvalue weighted by molar-refractivity contribution is 6.13. The van der Waals surface area contributed by atoms with Crippen molar-refractivity contribution in [1.82, 2.24) is 4.90 Å². The second-order valence-corrected chi connectivity index (χ2v) is 5.80. The molecular weight excluding hydrogens is 294 g/mol. The fourth-order valence-corrected chi connectivity index (χ4v) is 3.20. The number of hydrogen-bond acceptors (Lipinski definition) is 4. The van der Waals surface area contributed by atoms with Gasteiger partial charge in [-0.2, -0.15) is 0 Å². The van der Waals surface area contributed by atoms with Crippen LogP contribution in [0.5, 0.6) is 0 Å². The van der Waals surface area contributed by atoms with E-state index >= 15 is 0 Å². The highest BCUT2D eigenvalue weighted by atomic mass is 16.5. The summed E-state index contributed by atoms with van der Waals surface area (Å²) >= 11 is 0. The topological polar surface area (TPSA) is 63.7 Å². The van der Waals surface area contributed by atoms with E-state index < -0.39 is 0 Å². The van der Waals surface area contributed by atoms with Crippen molar-refractivity contribution in [3.05, 3.63) is 47.0 Å². The summed E-state index contributed by atoms with van der Waals surface area (Å²) in [5, 5.41) is 0. The van der Waals surface area contributed by atoms with Crippen molar-refractivity contribution in [2.24, 2.45) is 0 Å². The molecule has 23 heavy (non-hydrogen) atoms. The zero-order valence-corrected chi connectivity index (χ0v) is 13.1. The van der Waals surface area contributed by atoms with Crippen molar-refractivity contribution in [2.45, 2.75) is 38.6 Å². The molecule has 0 spiro atoms. The average molecular weight is 313 g/mol. The second-order valence-electron chi connectivity index (χ2n) is 5.80. The van der Waals surface area contributed by atoms with Gasteiger partial charge in [0.05, 0.1) is 18.2 Å². The number of fused-ring (bicyclic) bond motifs is 1. The van der Waals surface area contributed by atoms with Gasteiger partial charge in [-0.25, -0.2) is 4.79 Å². The number of unbranched alkanes of at least 4 members (excludes halogenated alkanes) is 1. The fourth-order valence-electron chi connectivity index (χ4n) is 3.20. The Morgan fingerprint density at radius 2 is 2.00 bits per heavy atom. The largest absolute Gasteiger partial charge is 0.462 e. The minimum atomic E-state index is -0.326. The molecule has 2 aliphatic rings. The van der Waals surface area contributed by atoms with Crippen molar-refractivity contribution in [3.8, 4) is 0 Å². The Kier molecular flexibility index (Phi) is 4.28. The molecule has 5 heteroatoms. The van der Waals surface area contributed by atoms with Gasteiger partial charge in [-0.1, -0.05) is 25.5 Å². The predicted molar refractivity (Wildman–Crippen MR) is 83.7 cm³/mol. The summed E-state index contributed by atoms with van der Waals surface area (Å²) in [5.74, 6) is -0.902. The molecule has 0 aromatic heterocycles. The van der Waals surface area contributed by atoms with E-state index in [1.807, 2.05) is 13.0 Å². The Balaban J connectivity index is 1.84. The molecule has 0 unspecified atom stereocenters. The molecule has 1 heterocycles. The van der Waals surface area contributed by atoms with Crippen LogP contribution in [-0.2, 0) is 20.7 Å². The number of carbonyl (C=O) groups is 3. The Bertz CT molecular complexity index is 674. The average Bonchev–Trinajstić information content (AvgIpc) is 3.10. The van der Waals surface area contributed by atoms with Gasteiger partial charge >= 0.3 is 5.97 Å². The number of carbonyl (C=O) groups excluding carboxylic acids is 3. The van der Waals surface area contributed by atoms with Crippen LogP contribution in [0.4, 0.5) is 0 Å². The molecule has 0 saturated carbocycles. The number of amides is 2. The SMILES string of the molecule is CCCCOC(=O)c1cccc2c1CC[C@@H]2N1C(=O)C=CC1=O. The van der Waals surface area contributed by atoms with Gasteiger partial charge in [0.1, 0.15) is 0 Å². The molecule has 3 rings (SSSR count). The molecule has 1 aromatic carbocycles.